The number of rotatable bonds is 5. The van der Waals surface area contributed by atoms with Gasteiger partial charge in [-0.3, -0.25) is 0 Å². The Kier molecular flexibility index (Phi) is 4.96. The molecule has 2 rings (SSSR count). The highest BCUT2D eigenvalue weighted by Crippen LogP contribution is 2.22. The summed E-state index contributed by atoms with van der Waals surface area (Å²) in [6, 6.07) is 5.81. The SMILES string of the molecule is CCNC(Cc1cc(F)ccc1F)c1cc(F)cc(F)c1. The lowest BCUT2D eigenvalue weighted by molar-refractivity contribution is 0.511. The fourth-order valence-electron chi connectivity index (χ4n) is 2.25. The van der Waals surface area contributed by atoms with Crippen molar-refractivity contribution in [2.75, 3.05) is 6.54 Å². The molecule has 0 saturated heterocycles. The van der Waals surface area contributed by atoms with E-state index in [2.05, 4.69) is 5.32 Å². The number of benzene rings is 2. The van der Waals surface area contributed by atoms with Crippen LogP contribution in [0, 0.1) is 23.3 Å². The molecule has 0 radical (unpaired) electrons. The normalized spacial score (nSPS) is 12.4. The van der Waals surface area contributed by atoms with Crippen molar-refractivity contribution >= 4 is 0 Å². The molecule has 0 amide bonds. The fourth-order valence-corrected chi connectivity index (χ4v) is 2.25. The molecule has 0 aliphatic rings. The molecule has 2 aromatic rings. The summed E-state index contributed by atoms with van der Waals surface area (Å²) in [6.07, 6.45) is 0.0975. The number of hydrogen-bond acceptors (Lipinski definition) is 1. The maximum atomic E-state index is 13.7. The molecule has 2 aromatic carbocycles. The largest absolute Gasteiger partial charge is 0.310 e. The smallest absolute Gasteiger partial charge is 0.126 e. The second kappa shape index (κ2) is 6.72. The van der Waals surface area contributed by atoms with Crippen LogP contribution in [0.15, 0.2) is 36.4 Å². The summed E-state index contributed by atoms with van der Waals surface area (Å²) < 4.78 is 53.5. The number of likely N-dealkylation sites (N-methyl/N-ethyl adjacent to an activating group) is 1. The van der Waals surface area contributed by atoms with Gasteiger partial charge in [-0.2, -0.15) is 0 Å². The van der Waals surface area contributed by atoms with E-state index in [4.69, 9.17) is 0 Å². The van der Waals surface area contributed by atoms with Crippen molar-refractivity contribution in [1.29, 1.82) is 0 Å². The van der Waals surface area contributed by atoms with Gasteiger partial charge in [-0.05, 0) is 54.4 Å². The fraction of sp³-hybridized carbons (Fsp3) is 0.250. The maximum Gasteiger partial charge on any atom is 0.126 e. The first-order valence-corrected chi connectivity index (χ1v) is 6.63. The molecule has 112 valence electrons. The zero-order valence-electron chi connectivity index (χ0n) is 11.5. The molecule has 0 fully saturated rings. The van der Waals surface area contributed by atoms with E-state index in [9.17, 15) is 17.6 Å². The van der Waals surface area contributed by atoms with Crippen LogP contribution in [0.5, 0.6) is 0 Å². The van der Waals surface area contributed by atoms with Crippen molar-refractivity contribution in [2.24, 2.45) is 0 Å². The monoisotopic (exact) mass is 297 g/mol. The Hall–Kier alpha value is -1.88. The van der Waals surface area contributed by atoms with Crippen LogP contribution < -0.4 is 5.32 Å². The summed E-state index contributed by atoms with van der Waals surface area (Å²) in [5, 5.41) is 3.03. The van der Waals surface area contributed by atoms with Crippen LogP contribution in [-0.4, -0.2) is 6.54 Å². The van der Waals surface area contributed by atoms with Crippen molar-refractivity contribution < 1.29 is 17.6 Å². The highest BCUT2D eigenvalue weighted by Gasteiger charge is 2.16. The van der Waals surface area contributed by atoms with Gasteiger partial charge >= 0.3 is 0 Å². The van der Waals surface area contributed by atoms with Crippen LogP contribution in [0.2, 0.25) is 0 Å². The molecule has 5 heteroatoms. The van der Waals surface area contributed by atoms with Gasteiger partial charge in [-0.15, -0.1) is 0 Å². The standard InChI is InChI=1S/C16H15F4N/c1-2-21-16(11-6-13(18)9-14(19)7-11)8-10-5-12(17)3-4-15(10)20/h3-7,9,16,21H,2,8H2,1H3. The first-order chi connectivity index (χ1) is 9.99. The molecule has 1 unspecified atom stereocenters. The van der Waals surface area contributed by atoms with Crippen LogP contribution in [0.1, 0.15) is 24.1 Å². The Morgan fingerprint density at radius 2 is 1.57 bits per heavy atom. The lowest BCUT2D eigenvalue weighted by atomic mass is 9.98. The predicted molar refractivity (Wildman–Crippen MR) is 72.8 cm³/mol. The minimum Gasteiger partial charge on any atom is -0.310 e. The highest BCUT2D eigenvalue weighted by atomic mass is 19.1. The molecule has 0 aromatic heterocycles. The summed E-state index contributed by atoms with van der Waals surface area (Å²) in [4.78, 5) is 0. The topological polar surface area (TPSA) is 12.0 Å². The zero-order chi connectivity index (χ0) is 15.4. The minimum absolute atomic E-state index is 0.0975. The second-order valence-electron chi connectivity index (χ2n) is 4.75. The van der Waals surface area contributed by atoms with Crippen molar-refractivity contribution in [3.05, 3.63) is 70.8 Å². The predicted octanol–water partition coefficient (Wildman–Crippen LogP) is 4.14. The Bertz CT molecular complexity index is 607. The molecule has 0 bridgehead atoms. The first-order valence-electron chi connectivity index (χ1n) is 6.63. The van der Waals surface area contributed by atoms with E-state index in [0.29, 0.717) is 12.1 Å². The average Bonchev–Trinajstić information content (AvgIpc) is 2.41. The Balaban J connectivity index is 2.32. The third kappa shape index (κ3) is 4.04. The van der Waals surface area contributed by atoms with Gasteiger partial charge in [-0.1, -0.05) is 6.92 Å². The van der Waals surface area contributed by atoms with E-state index in [-0.39, 0.29) is 12.0 Å². The van der Waals surface area contributed by atoms with Crippen LogP contribution in [0.25, 0.3) is 0 Å². The van der Waals surface area contributed by atoms with Gasteiger partial charge in [0, 0.05) is 12.1 Å². The van der Waals surface area contributed by atoms with Crippen LogP contribution in [0.3, 0.4) is 0 Å². The van der Waals surface area contributed by atoms with Gasteiger partial charge < -0.3 is 5.32 Å². The van der Waals surface area contributed by atoms with Gasteiger partial charge in [0.05, 0.1) is 0 Å². The molecule has 0 aliphatic heterocycles. The van der Waals surface area contributed by atoms with E-state index in [0.717, 1.165) is 24.3 Å². The lowest BCUT2D eigenvalue weighted by Gasteiger charge is -2.19. The van der Waals surface area contributed by atoms with Gasteiger partial charge in [0.1, 0.15) is 23.3 Å². The molecule has 1 nitrogen and oxygen atoms in total. The van der Waals surface area contributed by atoms with E-state index < -0.39 is 29.3 Å². The van der Waals surface area contributed by atoms with E-state index in [1.807, 2.05) is 6.92 Å². The summed E-state index contributed by atoms with van der Waals surface area (Å²) in [7, 11) is 0. The van der Waals surface area contributed by atoms with Crippen molar-refractivity contribution in [2.45, 2.75) is 19.4 Å². The van der Waals surface area contributed by atoms with Gasteiger partial charge in [0.25, 0.3) is 0 Å². The third-order valence-corrected chi connectivity index (χ3v) is 3.17. The van der Waals surface area contributed by atoms with E-state index in [1.165, 1.54) is 12.1 Å². The summed E-state index contributed by atoms with van der Waals surface area (Å²) in [6.45, 7) is 2.35. The number of halogens is 4. The molecule has 0 heterocycles. The van der Waals surface area contributed by atoms with Crippen LogP contribution in [0.4, 0.5) is 17.6 Å². The van der Waals surface area contributed by atoms with Crippen molar-refractivity contribution in [3.8, 4) is 0 Å². The van der Waals surface area contributed by atoms with Gasteiger partial charge in [0.15, 0.2) is 0 Å². The molecule has 1 atom stereocenters. The molecule has 0 spiro atoms. The van der Waals surface area contributed by atoms with Crippen molar-refractivity contribution in [1.82, 2.24) is 5.32 Å². The molecular weight excluding hydrogens is 282 g/mol. The Morgan fingerprint density at radius 3 is 2.19 bits per heavy atom. The quantitative estimate of drug-likeness (QED) is 0.818. The molecule has 1 N–H and O–H groups in total. The number of hydrogen-bond donors (Lipinski definition) is 1. The maximum absolute atomic E-state index is 13.7. The van der Waals surface area contributed by atoms with Crippen molar-refractivity contribution in [3.63, 3.8) is 0 Å². The molecular formula is C16H15F4N. The minimum atomic E-state index is -0.701. The molecule has 0 aliphatic carbocycles. The summed E-state index contributed by atoms with van der Waals surface area (Å²) in [5.41, 5.74) is 0.517. The zero-order valence-corrected chi connectivity index (χ0v) is 11.5. The molecule has 21 heavy (non-hydrogen) atoms. The van der Waals surface area contributed by atoms with Gasteiger partial charge in [-0.25, -0.2) is 17.6 Å². The Labute approximate surface area is 120 Å². The van der Waals surface area contributed by atoms with E-state index >= 15 is 0 Å². The highest BCUT2D eigenvalue weighted by molar-refractivity contribution is 5.26. The number of nitrogens with one attached hydrogen (secondary N) is 1. The Morgan fingerprint density at radius 1 is 0.905 bits per heavy atom. The summed E-state index contributed by atoms with van der Waals surface area (Å²) in [5.74, 6) is -2.50. The van der Waals surface area contributed by atoms with Crippen LogP contribution >= 0.6 is 0 Å². The average molecular weight is 297 g/mol. The lowest BCUT2D eigenvalue weighted by Crippen LogP contribution is -2.23. The van der Waals surface area contributed by atoms with E-state index in [1.54, 1.807) is 0 Å². The van der Waals surface area contributed by atoms with Gasteiger partial charge in [0.2, 0.25) is 0 Å². The van der Waals surface area contributed by atoms with Crippen LogP contribution in [-0.2, 0) is 6.42 Å². The second-order valence-corrected chi connectivity index (χ2v) is 4.75. The third-order valence-electron chi connectivity index (χ3n) is 3.17. The summed E-state index contributed by atoms with van der Waals surface area (Å²) >= 11 is 0. The first kappa shape index (κ1) is 15.5. The molecule has 0 saturated carbocycles.